The van der Waals surface area contributed by atoms with Crippen molar-refractivity contribution in [3.8, 4) is 0 Å². The molecule has 2 N–H and O–H groups in total. The fraction of sp³-hybridized carbons (Fsp3) is 0.500. The van der Waals surface area contributed by atoms with Crippen LogP contribution in [0.5, 0.6) is 0 Å². The van der Waals surface area contributed by atoms with Gasteiger partial charge in [0.2, 0.25) is 6.27 Å². The molecule has 0 amide bonds. The normalized spacial score (nSPS) is 33.4. The molecule has 8 heteroatoms. The van der Waals surface area contributed by atoms with Crippen LogP contribution in [-0.4, -0.2) is 35.0 Å². The van der Waals surface area contributed by atoms with E-state index in [4.69, 9.17) is 15.9 Å². The highest BCUT2D eigenvalue weighted by Gasteiger charge is 2.68. The van der Waals surface area contributed by atoms with Crippen molar-refractivity contribution in [1.82, 2.24) is 4.98 Å². The molecular formula is C14H16BNO5S. The summed E-state index contributed by atoms with van der Waals surface area (Å²) in [6, 6.07) is 3.49. The van der Waals surface area contributed by atoms with Crippen molar-refractivity contribution in [1.29, 1.82) is 0 Å². The van der Waals surface area contributed by atoms with Gasteiger partial charge in [0, 0.05) is 10.9 Å². The van der Waals surface area contributed by atoms with Gasteiger partial charge < -0.3 is 14.8 Å². The number of fused-ring (bicyclic) bond motifs is 2. The predicted octanol–water partition coefficient (Wildman–Crippen LogP) is 0.824. The smallest absolute Gasteiger partial charge is 0.423 e. The molecule has 2 aromatic rings. The van der Waals surface area contributed by atoms with Crippen LogP contribution in [0.15, 0.2) is 12.1 Å². The minimum absolute atomic E-state index is 0.289. The molecule has 1 aromatic heterocycles. The summed E-state index contributed by atoms with van der Waals surface area (Å²) in [6.07, 6.45) is -1.64. The molecule has 0 spiro atoms. The third-order valence-corrected chi connectivity index (χ3v) is 5.28. The lowest BCUT2D eigenvalue weighted by Crippen LogP contribution is -2.57. The Balaban J connectivity index is 1.99. The lowest BCUT2D eigenvalue weighted by molar-refractivity contribution is -0.558. The third kappa shape index (κ3) is 1.70. The van der Waals surface area contributed by atoms with Crippen molar-refractivity contribution >= 4 is 34.1 Å². The molecule has 0 saturated carbocycles. The molecule has 2 saturated heterocycles. The topological polar surface area (TPSA) is 81.0 Å². The van der Waals surface area contributed by atoms with E-state index in [1.165, 1.54) is 11.3 Å². The molecule has 2 fully saturated rings. The quantitative estimate of drug-likeness (QED) is 0.629. The summed E-state index contributed by atoms with van der Waals surface area (Å²) in [6.45, 7) is 6.02. The number of nitrogens with zero attached hydrogens (tertiary/aromatic N) is 1. The molecular weight excluding hydrogens is 305 g/mol. The Morgan fingerprint density at radius 3 is 2.82 bits per heavy atom. The van der Waals surface area contributed by atoms with Crippen LogP contribution in [0.4, 0.5) is 0 Å². The van der Waals surface area contributed by atoms with Crippen LogP contribution in [-0.2, 0) is 20.1 Å². The Morgan fingerprint density at radius 2 is 2.23 bits per heavy atom. The SMILES string of the molecule is [3H]C12OCC(C)(C)C1(c1cc(B(O)O)c3nc(C)sc3c1)OO2. The maximum atomic E-state index is 9.73. The highest BCUT2D eigenvalue weighted by atomic mass is 32.1. The Hall–Kier alpha value is -1.03. The minimum Gasteiger partial charge on any atom is -0.423 e. The zero-order valence-corrected chi connectivity index (χ0v) is 13.2. The van der Waals surface area contributed by atoms with Crippen LogP contribution in [0, 0.1) is 12.3 Å². The highest BCUT2D eigenvalue weighted by Crippen LogP contribution is 2.57. The summed E-state index contributed by atoms with van der Waals surface area (Å²) >= 11 is 1.45. The molecule has 0 aliphatic carbocycles. The largest absolute Gasteiger partial charge is 0.490 e. The Morgan fingerprint density at radius 1 is 1.45 bits per heavy atom. The average molecular weight is 323 g/mol. The molecule has 22 heavy (non-hydrogen) atoms. The molecule has 6 nitrogen and oxygen atoms in total. The first-order valence-corrected chi connectivity index (χ1v) is 7.80. The summed E-state index contributed by atoms with van der Waals surface area (Å²) in [5.41, 5.74) is -0.180. The van der Waals surface area contributed by atoms with Gasteiger partial charge in [0.15, 0.2) is 5.60 Å². The van der Waals surface area contributed by atoms with Crippen LogP contribution >= 0.6 is 11.3 Å². The van der Waals surface area contributed by atoms with E-state index in [2.05, 4.69) is 4.98 Å². The molecule has 2 atom stereocenters. The zero-order chi connectivity index (χ0) is 16.6. The maximum Gasteiger partial charge on any atom is 0.490 e. The molecule has 116 valence electrons. The predicted molar refractivity (Wildman–Crippen MR) is 81.6 cm³/mol. The van der Waals surface area contributed by atoms with Crippen LogP contribution in [0.2, 0.25) is 0 Å². The summed E-state index contributed by atoms with van der Waals surface area (Å²) in [4.78, 5) is 14.8. The number of thiazole rings is 1. The van der Waals surface area contributed by atoms with Crippen LogP contribution in [0.25, 0.3) is 10.2 Å². The van der Waals surface area contributed by atoms with Crippen molar-refractivity contribution < 1.29 is 25.9 Å². The lowest BCUT2D eigenvalue weighted by atomic mass is 9.69. The van der Waals surface area contributed by atoms with Crippen molar-refractivity contribution in [3.63, 3.8) is 0 Å². The number of benzene rings is 1. The van der Waals surface area contributed by atoms with Gasteiger partial charge in [-0.15, -0.1) is 11.3 Å². The van der Waals surface area contributed by atoms with Crippen molar-refractivity contribution in [2.24, 2.45) is 5.41 Å². The molecule has 2 aliphatic heterocycles. The van der Waals surface area contributed by atoms with Gasteiger partial charge in [0.05, 0.1) is 23.2 Å². The van der Waals surface area contributed by atoms with E-state index in [0.29, 0.717) is 17.7 Å². The second kappa shape index (κ2) is 4.50. The standard InChI is InChI=1S/C14H16BNO5S/c1-7-16-11-9(15(17)18)4-8(5-10(11)22-7)14-12(20-21-14)19-6-13(14,2)3/h4-5,12,17-18H,6H2,1-3H3/i12T. The fourth-order valence-corrected chi connectivity index (χ4v) is 4.05. The number of aryl methyl sites for hydroxylation is 1. The van der Waals surface area contributed by atoms with Crippen molar-refractivity contribution in [3.05, 3.63) is 22.7 Å². The highest BCUT2D eigenvalue weighted by molar-refractivity contribution is 7.18. The molecule has 0 bridgehead atoms. The zero-order valence-electron chi connectivity index (χ0n) is 13.4. The van der Waals surface area contributed by atoms with Crippen molar-refractivity contribution in [2.45, 2.75) is 32.6 Å². The summed E-state index contributed by atoms with van der Waals surface area (Å²) in [5, 5.41) is 20.3. The van der Waals surface area contributed by atoms with Gasteiger partial charge >= 0.3 is 7.12 Å². The average Bonchev–Trinajstić information content (AvgIpc) is 2.87. The van der Waals surface area contributed by atoms with E-state index in [1.807, 2.05) is 26.8 Å². The van der Waals surface area contributed by atoms with Gasteiger partial charge in [-0.05, 0) is 18.6 Å². The van der Waals surface area contributed by atoms with E-state index < -0.39 is 24.4 Å². The molecule has 2 unspecified atom stereocenters. The first kappa shape index (κ1) is 13.4. The third-order valence-electron chi connectivity index (χ3n) is 4.36. The first-order chi connectivity index (χ1) is 10.7. The van der Waals surface area contributed by atoms with E-state index in [9.17, 15) is 10.0 Å². The van der Waals surface area contributed by atoms with Gasteiger partial charge in [-0.1, -0.05) is 19.9 Å². The minimum atomic E-state index is -1.66. The molecule has 1 aromatic carbocycles. The van der Waals surface area contributed by atoms with Crippen LogP contribution in [0.3, 0.4) is 0 Å². The van der Waals surface area contributed by atoms with E-state index >= 15 is 0 Å². The number of rotatable bonds is 2. The Labute approximate surface area is 133 Å². The van der Waals surface area contributed by atoms with E-state index in [1.54, 1.807) is 6.07 Å². The van der Waals surface area contributed by atoms with Gasteiger partial charge in [-0.2, -0.15) is 4.89 Å². The van der Waals surface area contributed by atoms with Crippen molar-refractivity contribution in [2.75, 3.05) is 6.61 Å². The number of aromatic nitrogens is 1. The first-order valence-electron chi connectivity index (χ1n) is 7.49. The maximum absolute atomic E-state index is 9.73. The summed E-state index contributed by atoms with van der Waals surface area (Å²) in [7, 11) is -1.66. The second-order valence-corrected chi connectivity index (χ2v) is 7.56. The van der Waals surface area contributed by atoms with Crippen LogP contribution < -0.4 is 5.46 Å². The van der Waals surface area contributed by atoms with Crippen LogP contribution in [0.1, 0.15) is 25.8 Å². The number of ether oxygens (including phenoxy) is 1. The summed E-state index contributed by atoms with van der Waals surface area (Å²) < 4.78 is 14.7. The molecule has 2 aliphatic rings. The van der Waals surface area contributed by atoms with Gasteiger partial charge in [-0.3, -0.25) is 0 Å². The van der Waals surface area contributed by atoms with E-state index in [0.717, 1.165) is 9.71 Å². The Kier molecular flexibility index (Phi) is 2.74. The van der Waals surface area contributed by atoms with Gasteiger partial charge in [-0.25, -0.2) is 9.87 Å². The number of hydrogen-bond donors (Lipinski definition) is 2. The second-order valence-electron chi connectivity index (χ2n) is 6.33. The van der Waals surface area contributed by atoms with Gasteiger partial charge in [0.25, 0.3) is 0 Å². The van der Waals surface area contributed by atoms with Gasteiger partial charge in [0.1, 0.15) is 0 Å². The molecule has 0 radical (unpaired) electrons. The Bertz CT molecular complexity index is 798. The monoisotopic (exact) mass is 323 g/mol. The van der Waals surface area contributed by atoms with E-state index in [-0.39, 0.29) is 5.46 Å². The summed E-state index contributed by atoms with van der Waals surface area (Å²) in [5.74, 6) is 0. The number of hydrogen-bond acceptors (Lipinski definition) is 7. The fourth-order valence-electron chi connectivity index (χ4n) is 3.14. The molecule has 4 rings (SSSR count). The lowest BCUT2D eigenvalue weighted by Gasteiger charge is -2.47. The molecule has 3 heterocycles.